The summed E-state index contributed by atoms with van der Waals surface area (Å²) in [6, 6.07) is 0.880. The predicted octanol–water partition coefficient (Wildman–Crippen LogP) is 2.71. The Balaban J connectivity index is 1.49. The summed E-state index contributed by atoms with van der Waals surface area (Å²) in [5.74, 6) is 1.08. The van der Waals surface area contributed by atoms with E-state index < -0.39 is 0 Å². The maximum Gasteiger partial charge on any atom is 0.00670 e. The molecule has 0 saturated heterocycles. The lowest BCUT2D eigenvalue weighted by atomic mass is 9.83. The molecule has 0 bridgehead atoms. The van der Waals surface area contributed by atoms with Gasteiger partial charge in [0.1, 0.15) is 0 Å². The minimum atomic E-state index is 0.880. The van der Waals surface area contributed by atoms with Crippen molar-refractivity contribution < 1.29 is 0 Å². The SMILES string of the molecule is C1CC(CCNC2CCCC2)C1. The fourth-order valence-electron chi connectivity index (χ4n) is 2.40. The lowest BCUT2D eigenvalue weighted by Gasteiger charge is -2.25. The summed E-state index contributed by atoms with van der Waals surface area (Å²) in [6.07, 6.45) is 11.7. The second kappa shape index (κ2) is 4.27. The standard InChI is InChI=1S/C11H21N/c1-2-7-11(6-1)12-9-8-10-4-3-5-10/h10-12H,1-9H2. The molecule has 2 aliphatic rings. The molecule has 0 aromatic rings. The van der Waals surface area contributed by atoms with E-state index in [1.165, 1.54) is 57.9 Å². The first-order chi connectivity index (χ1) is 5.95. The molecule has 0 aromatic carbocycles. The Labute approximate surface area is 75.9 Å². The van der Waals surface area contributed by atoms with E-state index in [1.807, 2.05) is 0 Å². The highest BCUT2D eigenvalue weighted by molar-refractivity contribution is 4.75. The van der Waals surface area contributed by atoms with Crippen LogP contribution in [-0.4, -0.2) is 12.6 Å². The Kier molecular flexibility index (Phi) is 3.04. The molecule has 2 saturated carbocycles. The third kappa shape index (κ3) is 2.22. The van der Waals surface area contributed by atoms with Crippen LogP contribution < -0.4 is 5.32 Å². The minimum Gasteiger partial charge on any atom is -0.314 e. The highest BCUT2D eigenvalue weighted by Crippen LogP contribution is 2.29. The van der Waals surface area contributed by atoms with E-state index in [0.29, 0.717) is 0 Å². The van der Waals surface area contributed by atoms with Crippen LogP contribution in [0, 0.1) is 5.92 Å². The zero-order valence-electron chi connectivity index (χ0n) is 8.02. The topological polar surface area (TPSA) is 12.0 Å². The summed E-state index contributed by atoms with van der Waals surface area (Å²) in [4.78, 5) is 0. The first-order valence-corrected chi connectivity index (χ1v) is 5.68. The fraction of sp³-hybridized carbons (Fsp3) is 1.00. The average molecular weight is 167 g/mol. The van der Waals surface area contributed by atoms with Crippen LogP contribution in [0.4, 0.5) is 0 Å². The van der Waals surface area contributed by atoms with Gasteiger partial charge in [-0.1, -0.05) is 32.1 Å². The molecule has 0 unspecified atom stereocenters. The van der Waals surface area contributed by atoms with Gasteiger partial charge in [0.15, 0.2) is 0 Å². The Morgan fingerprint density at radius 2 is 1.67 bits per heavy atom. The summed E-state index contributed by atoms with van der Waals surface area (Å²) in [7, 11) is 0. The highest BCUT2D eigenvalue weighted by Gasteiger charge is 2.18. The van der Waals surface area contributed by atoms with Gasteiger partial charge in [0, 0.05) is 6.04 Å². The van der Waals surface area contributed by atoms with Gasteiger partial charge in [0.05, 0.1) is 0 Å². The summed E-state index contributed by atoms with van der Waals surface area (Å²) in [6.45, 7) is 1.29. The summed E-state index contributed by atoms with van der Waals surface area (Å²) >= 11 is 0. The van der Waals surface area contributed by atoms with Crippen LogP contribution in [0.2, 0.25) is 0 Å². The van der Waals surface area contributed by atoms with Crippen molar-refractivity contribution in [2.75, 3.05) is 6.54 Å². The van der Waals surface area contributed by atoms with Crippen molar-refractivity contribution in [3.63, 3.8) is 0 Å². The Hall–Kier alpha value is -0.0400. The van der Waals surface area contributed by atoms with E-state index in [1.54, 1.807) is 0 Å². The second-order valence-electron chi connectivity index (χ2n) is 4.52. The highest BCUT2D eigenvalue weighted by atomic mass is 14.9. The van der Waals surface area contributed by atoms with Crippen LogP contribution >= 0.6 is 0 Å². The Morgan fingerprint density at radius 3 is 2.25 bits per heavy atom. The van der Waals surface area contributed by atoms with E-state index >= 15 is 0 Å². The third-order valence-corrected chi connectivity index (χ3v) is 3.57. The molecule has 0 aromatic heterocycles. The molecular weight excluding hydrogens is 146 g/mol. The van der Waals surface area contributed by atoms with Crippen molar-refractivity contribution in [3.8, 4) is 0 Å². The smallest absolute Gasteiger partial charge is 0.00670 e. The monoisotopic (exact) mass is 167 g/mol. The molecule has 2 aliphatic carbocycles. The summed E-state index contributed by atoms with van der Waals surface area (Å²) in [5.41, 5.74) is 0. The second-order valence-corrected chi connectivity index (χ2v) is 4.52. The first-order valence-electron chi connectivity index (χ1n) is 5.68. The van der Waals surface area contributed by atoms with Gasteiger partial charge in [0.2, 0.25) is 0 Å². The molecule has 70 valence electrons. The van der Waals surface area contributed by atoms with Crippen molar-refractivity contribution in [2.24, 2.45) is 5.92 Å². The van der Waals surface area contributed by atoms with Gasteiger partial charge < -0.3 is 5.32 Å². The van der Waals surface area contributed by atoms with Gasteiger partial charge in [0.25, 0.3) is 0 Å². The van der Waals surface area contributed by atoms with Crippen LogP contribution in [0.3, 0.4) is 0 Å². The molecule has 0 spiro atoms. The molecule has 1 heteroatoms. The summed E-state index contributed by atoms with van der Waals surface area (Å²) in [5, 5.41) is 3.68. The van der Waals surface area contributed by atoms with Crippen molar-refractivity contribution in [3.05, 3.63) is 0 Å². The largest absolute Gasteiger partial charge is 0.314 e. The zero-order chi connectivity index (χ0) is 8.23. The van der Waals surface area contributed by atoms with Crippen molar-refractivity contribution in [2.45, 2.75) is 57.4 Å². The molecule has 1 N–H and O–H groups in total. The van der Waals surface area contributed by atoms with E-state index in [4.69, 9.17) is 0 Å². The van der Waals surface area contributed by atoms with Gasteiger partial charge in [-0.3, -0.25) is 0 Å². The van der Waals surface area contributed by atoms with Crippen LogP contribution in [-0.2, 0) is 0 Å². The molecule has 0 heterocycles. The van der Waals surface area contributed by atoms with Gasteiger partial charge in [-0.2, -0.15) is 0 Å². The van der Waals surface area contributed by atoms with Gasteiger partial charge in [-0.25, -0.2) is 0 Å². The van der Waals surface area contributed by atoms with E-state index in [-0.39, 0.29) is 0 Å². The van der Waals surface area contributed by atoms with Crippen LogP contribution in [0.5, 0.6) is 0 Å². The van der Waals surface area contributed by atoms with Gasteiger partial charge >= 0.3 is 0 Å². The molecule has 0 radical (unpaired) electrons. The van der Waals surface area contributed by atoms with Crippen LogP contribution in [0.25, 0.3) is 0 Å². The van der Waals surface area contributed by atoms with Crippen LogP contribution in [0.15, 0.2) is 0 Å². The Morgan fingerprint density at radius 1 is 0.917 bits per heavy atom. The molecule has 2 rings (SSSR count). The van der Waals surface area contributed by atoms with Crippen LogP contribution in [0.1, 0.15) is 51.4 Å². The molecule has 0 atom stereocenters. The molecular formula is C11H21N. The van der Waals surface area contributed by atoms with Crippen molar-refractivity contribution >= 4 is 0 Å². The molecule has 1 nitrogen and oxygen atoms in total. The minimum absolute atomic E-state index is 0.880. The van der Waals surface area contributed by atoms with Crippen molar-refractivity contribution in [1.82, 2.24) is 5.32 Å². The number of rotatable bonds is 4. The molecule has 0 aliphatic heterocycles. The van der Waals surface area contributed by atoms with Crippen molar-refractivity contribution in [1.29, 1.82) is 0 Å². The molecule has 2 fully saturated rings. The van der Waals surface area contributed by atoms with E-state index in [2.05, 4.69) is 5.32 Å². The fourth-order valence-corrected chi connectivity index (χ4v) is 2.40. The first kappa shape index (κ1) is 8.55. The maximum atomic E-state index is 3.68. The summed E-state index contributed by atoms with van der Waals surface area (Å²) < 4.78 is 0. The van der Waals surface area contributed by atoms with E-state index in [0.717, 1.165) is 12.0 Å². The lowest BCUT2D eigenvalue weighted by Crippen LogP contribution is -2.29. The normalized spacial score (nSPS) is 26.0. The third-order valence-electron chi connectivity index (χ3n) is 3.57. The van der Waals surface area contributed by atoms with Gasteiger partial charge in [-0.15, -0.1) is 0 Å². The number of hydrogen-bond donors (Lipinski definition) is 1. The van der Waals surface area contributed by atoms with Gasteiger partial charge in [-0.05, 0) is 31.7 Å². The van der Waals surface area contributed by atoms with E-state index in [9.17, 15) is 0 Å². The number of hydrogen-bond acceptors (Lipinski definition) is 1. The predicted molar refractivity (Wildman–Crippen MR) is 52.2 cm³/mol. The lowest BCUT2D eigenvalue weighted by molar-refractivity contribution is 0.287. The average Bonchev–Trinajstić information content (AvgIpc) is 2.46. The molecule has 0 amide bonds. The Bertz CT molecular complexity index is 123. The number of nitrogens with one attached hydrogen (secondary N) is 1. The maximum absolute atomic E-state index is 3.68. The quantitative estimate of drug-likeness (QED) is 0.679. The zero-order valence-corrected chi connectivity index (χ0v) is 8.02. The molecule has 12 heavy (non-hydrogen) atoms.